The van der Waals surface area contributed by atoms with Gasteiger partial charge in [-0.05, 0) is 27.2 Å². The summed E-state index contributed by atoms with van der Waals surface area (Å²) < 4.78 is 36.1. The second kappa shape index (κ2) is 35.8. The Morgan fingerprint density at radius 2 is 0.815 bits per heavy atom. The van der Waals surface area contributed by atoms with Crippen LogP contribution >= 0.6 is 0 Å². The van der Waals surface area contributed by atoms with Crippen molar-refractivity contribution in [3.05, 3.63) is 0 Å². The zero-order valence-corrected chi connectivity index (χ0v) is 37.3. The molecule has 27 nitrogen and oxygen atoms in total. The number of hydrogen-bond acceptors (Lipinski definition) is 25. The third-order valence-electron chi connectivity index (χ3n) is 8.47. The lowest BCUT2D eigenvalue weighted by Gasteiger charge is -2.34. The maximum Gasteiger partial charge on any atom is 0.407 e. The summed E-state index contributed by atoms with van der Waals surface area (Å²) in [5.74, 6) is 0. The van der Waals surface area contributed by atoms with E-state index in [9.17, 15) is 76.0 Å². The maximum atomic E-state index is 11.7. The highest BCUT2D eigenvalue weighted by Gasteiger charge is 2.33. The highest BCUT2D eigenvalue weighted by molar-refractivity contribution is 5.68. The first kappa shape index (κ1) is 62.7. The molecule has 0 fully saturated rings. The molecule has 0 aromatic heterocycles. The summed E-state index contributed by atoms with van der Waals surface area (Å²) in [5.41, 5.74) is -0.665. The van der Waals surface area contributed by atoms with Crippen LogP contribution in [0.15, 0.2) is 0 Å². The number of nitrogens with zero attached hydrogens (tertiary/aromatic N) is 1. The molecule has 388 valence electrons. The second-order valence-electron chi connectivity index (χ2n) is 16.2. The van der Waals surface area contributed by atoms with Crippen molar-refractivity contribution in [2.45, 2.75) is 112 Å². The SMILES string of the molecule is CC(C)(C)OC(=O)NCCNC(=O)OCC(O)COCC(O)COCC(O)COCC(O)COCC(O)COCC(O)CN(C[C@H](O)[C@@H](O)[C@H](O)[C@H](O)CO)C[C@H](O)[C@@H](O)[C@H](O)CCO. The van der Waals surface area contributed by atoms with E-state index in [-0.39, 0.29) is 85.5 Å². The van der Waals surface area contributed by atoms with Gasteiger partial charge in [-0.25, -0.2) is 9.59 Å². The van der Waals surface area contributed by atoms with E-state index in [0.717, 1.165) is 4.90 Å². The molecule has 2 amide bonds. The molecule has 17 N–H and O–H groups in total. The number of carbonyl (C=O) groups excluding carboxylic acids is 2. The molecule has 0 rings (SSSR count). The van der Waals surface area contributed by atoms with Gasteiger partial charge in [-0.2, -0.15) is 0 Å². The van der Waals surface area contributed by atoms with Gasteiger partial charge in [-0.15, -0.1) is 0 Å². The molecule has 65 heavy (non-hydrogen) atoms. The van der Waals surface area contributed by atoms with Crippen molar-refractivity contribution in [2.24, 2.45) is 0 Å². The number of aliphatic hydroxyl groups excluding tert-OH is 15. The third-order valence-corrected chi connectivity index (χ3v) is 8.47. The monoisotopic (exact) mass is 959 g/mol. The van der Waals surface area contributed by atoms with Crippen LogP contribution in [0.4, 0.5) is 9.59 Å². The van der Waals surface area contributed by atoms with Gasteiger partial charge in [0.15, 0.2) is 0 Å². The summed E-state index contributed by atoms with van der Waals surface area (Å²) in [6, 6.07) is 0. The van der Waals surface area contributed by atoms with Crippen LogP contribution in [0.25, 0.3) is 0 Å². The zero-order valence-electron chi connectivity index (χ0n) is 37.3. The number of aliphatic hydroxyl groups is 15. The summed E-state index contributed by atoms with van der Waals surface area (Å²) in [6.07, 6.45) is -21.4. The molecule has 0 saturated heterocycles. The van der Waals surface area contributed by atoms with Gasteiger partial charge >= 0.3 is 12.2 Å². The lowest BCUT2D eigenvalue weighted by atomic mass is 10.0. The minimum atomic E-state index is -1.98. The van der Waals surface area contributed by atoms with E-state index in [2.05, 4.69) is 10.6 Å². The Balaban J connectivity index is 4.32. The van der Waals surface area contributed by atoms with E-state index in [4.69, 9.17) is 43.4 Å². The number of rotatable bonds is 39. The standard InChI is InChI=1S/C38H77N3O24/c1-38(2,3)65-37(58)40-6-5-39-36(57)64-22-28(49)21-63-20-27(48)19-62-18-26(47)17-61-16-25(46)15-60-14-24(45)13-59-12-23(44)8-41(9-30(51)33(54)29(50)4-7-42)10-31(52)34(55)35(56)32(53)11-43/h23-35,42-56H,4-22H2,1-3H3,(H,39,57)(H,40,58)/t23?,24?,25?,26?,27?,28?,29-,30+,31+,32-,33+,34-,35-/m1/s1. The van der Waals surface area contributed by atoms with Crippen LogP contribution < -0.4 is 10.6 Å². The minimum Gasteiger partial charge on any atom is -0.447 e. The van der Waals surface area contributed by atoms with Crippen LogP contribution in [0.2, 0.25) is 0 Å². The molecule has 0 aromatic carbocycles. The molecule has 0 spiro atoms. The van der Waals surface area contributed by atoms with Crippen molar-refractivity contribution in [1.29, 1.82) is 0 Å². The normalized spacial score (nSPS) is 18.3. The molecule has 0 aliphatic heterocycles. The van der Waals surface area contributed by atoms with Gasteiger partial charge in [0.1, 0.15) is 67.1 Å². The second-order valence-corrected chi connectivity index (χ2v) is 16.2. The van der Waals surface area contributed by atoms with Crippen molar-refractivity contribution >= 4 is 12.2 Å². The number of hydrogen-bond donors (Lipinski definition) is 17. The Labute approximate surface area is 377 Å². The Morgan fingerprint density at radius 3 is 1.20 bits per heavy atom. The predicted octanol–water partition coefficient (Wildman–Crippen LogP) is -8.31. The van der Waals surface area contributed by atoms with Gasteiger partial charge in [0.2, 0.25) is 0 Å². The van der Waals surface area contributed by atoms with Gasteiger partial charge < -0.3 is 120 Å². The van der Waals surface area contributed by atoms with Crippen LogP contribution in [0.1, 0.15) is 27.2 Å². The lowest BCUT2D eigenvalue weighted by molar-refractivity contribution is -0.125. The fourth-order valence-electron chi connectivity index (χ4n) is 5.25. The summed E-state index contributed by atoms with van der Waals surface area (Å²) in [6.45, 7) is -0.869. The number of carbonyl (C=O) groups is 2. The maximum absolute atomic E-state index is 11.7. The van der Waals surface area contributed by atoms with Crippen LogP contribution in [0.3, 0.4) is 0 Å². The smallest absolute Gasteiger partial charge is 0.407 e. The van der Waals surface area contributed by atoms with E-state index < -0.39 is 137 Å². The van der Waals surface area contributed by atoms with E-state index in [0.29, 0.717) is 0 Å². The summed E-state index contributed by atoms with van der Waals surface area (Å²) >= 11 is 0. The average Bonchev–Trinajstić information content (AvgIpc) is 3.22. The van der Waals surface area contributed by atoms with Crippen molar-refractivity contribution in [3.8, 4) is 0 Å². The first-order valence-corrected chi connectivity index (χ1v) is 21.0. The molecule has 27 heteroatoms. The van der Waals surface area contributed by atoms with Gasteiger partial charge in [-0.1, -0.05) is 0 Å². The van der Waals surface area contributed by atoms with E-state index in [1.807, 2.05) is 0 Å². The molecule has 0 heterocycles. The molecule has 6 unspecified atom stereocenters. The number of amides is 2. The molecule has 0 aromatic rings. The fourth-order valence-corrected chi connectivity index (χ4v) is 5.25. The van der Waals surface area contributed by atoms with E-state index in [1.165, 1.54) is 0 Å². The molecule has 0 aliphatic carbocycles. The van der Waals surface area contributed by atoms with Gasteiger partial charge in [0, 0.05) is 39.3 Å². The first-order valence-electron chi connectivity index (χ1n) is 21.0. The molecular weight excluding hydrogens is 882 g/mol. The van der Waals surface area contributed by atoms with Crippen LogP contribution in [0.5, 0.6) is 0 Å². The van der Waals surface area contributed by atoms with Crippen LogP contribution in [-0.2, 0) is 33.2 Å². The number of nitrogens with one attached hydrogen (secondary N) is 2. The predicted molar refractivity (Wildman–Crippen MR) is 221 cm³/mol. The molecular formula is C38H77N3O24. The third kappa shape index (κ3) is 32.9. The Hall–Kier alpha value is -2.30. The molecule has 0 bridgehead atoms. The van der Waals surface area contributed by atoms with Crippen molar-refractivity contribution in [3.63, 3.8) is 0 Å². The largest absolute Gasteiger partial charge is 0.447 e. The Kier molecular flexibility index (Phi) is 34.5. The van der Waals surface area contributed by atoms with E-state index in [1.54, 1.807) is 20.8 Å². The summed E-state index contributed by atoms with van der Waals surface area (Å²) in [4.78, 5) is 24.4. The molecule has 0 aliphatic rings. The lowest BCUT2D eigenvalue weighted by Crippen LogP contribution is -2.53. The molecule has 0 saturated carbocycles. The Bertz CT molecular complexity index is 1200. The van der Waals surface area contributed by atoms with Gasteiger partial charge in [0.25, 0.3) is 0 Å². The quantitative estimate of drug-likeness (QED) is 0.0254. The average molecular weight is 960 g/mol. The first-order chi connectivity index (χ1) is 30.5. The van der Waals surface area contributed by atoms with Gasteiger partial charge in [-0.3, -0.25) is 4.90 Å². The van der Waals surface area contributed by atoms with E-state index >= 15 is 0 Å². The highest BCUT2D eigenvalue weighted by atomic mass is 16.6. The zero-order chi connectivity index (χ0) is 49.5. The van der Waals surface area contributed by atoms with Crippen LogP contribution in [-0.4, -0.2) is 297 Å². The van der Waals surface area contributed by atoms with Crippen molar-refractivity contribution < 1.29 is 119 Å². The number of alkyl carbamates (subject to hydrolysis) is 2. The topological polar surface area (TPSA) is 430 Å². The highest BCUT2D eigenvalue weighted by Crippen LogP contribution is 2.12. The van der Waals surface area contributed by atoms with Crippen LogP contribution in [0, 0.1) is 0 Å². The fraction of sp³-hybridized carbons (Fsp3) is 0.947. The minimum absolute atomic E-state index is 0.0511. The summed E-state index contributed by atoms with van der Waals surface area (Å²) in [7, 11) is 0. The van der Waals surface area contributed by atoms with Gasteiger partial charge in [0.05, 0.1) is 97.1 Å². The van der Waals surface area contributed by atoms with Crippen molar-refractivity contribution in [2.75, 3.05) is 119 Å². The Morgan fingerprint density at radius 1 is 0.462 bits per heavy atom. The molecule has 0 radical (unpaired) electrons. The molecule has 13 atom stereocenters. The van der Waals surface area contributed by atoms with Crippen molar-refractivity contribution in [1.82, 2.24) is 15.5 Å². The number of ether oxygens (including phenoxy) is 7. The summed E-state index contributed by atoms with van der Waals surface area (Å²) in [5, 5.41) is 154.